The Morgan fingerprint density at radius 1 is 1.25 bits per heavy atom. The third-order valence-electron chi connectivity index (χ3n) is 5.32. The standard InChI is InChI=1S/C14H21NS/c1-3-16-4-2-15(1)9-14-12-5-10-6-13(14)8-11(10)7-12/h5,11-14H,1-4,6-9H2. The van der Waals surface area contributed by atoms with Crippen LogP contribution >= 0.6 is 11.8 Å². The predicted molar refractivity (Wildman–Crippen MR) is 69.7 cm³/mol. The van der Waals surface area contributed by atoms with Crippen molar-refractivity contribution in [1.29, 1.82) is 0 Å². The van der Waals surface area contributed by atoms with Gasteiger partial charge in [-0.3, -0.25) is 0 Å². The van der Waals surface area contributed by atoms with Crippen LogP contribution in [-0.2, 0) is 0 Å². The molecule has 4 aliphatic carbocycles. The molecule has 4 unspecified atom stereocenters. The van der Waals surface area contributed by atoms with Crippen LogP contribution < -0.4 is 0 Å². The summed E-state index contributed by atoms with van der Waals surface area (Å²) in [6.07, 6.45) is 7.18. The van der Waals surface area contributed by atoms with Crippen LogP contribution in [0.2, 0.25) is 0 Å². The third kappa shape index (κ3) is 1.49. The van der Waals surface area contributed by atoms with Crippen LogP contribution in [0.3, 0.4) is 0 Å². The van der Waals surface area contributed by atoms with Crippen LogP contribution in [0.25, 0.3) is 0 Å². The molecule has 1 saturated heterocycles. The highest BCUT2D eigenvalue weighted by atomic mass is 32.2. The number of nitrogens with zero attached hydrogens (tertiary/aromatic N) is 1. The Bertz CT molecular complexity index is 319. The van der Waals surface area contributed by atoms with E-state index in [4.69, 9.17) is 0 Å². The van der Waals surface area contributed by atoms with Gasteiger partial charge in [0.2, 0.25) is 0 Å². The number of hydrogen-bond acceptors (Lipinski definition) is 2. The highest BCUT2D eigenvalue weighted by Crippen LogP contribution is 2.57. The minimum atomic E-state index is 0.974. The summed E-state index contributed by atoms with van der Waals surface area (Å²) in [7, 11) is 0. The number of allylic oxidation sites excluding steroid dienone is 2. The van der Waals surface area contributed by atoms with E-state index in [9.17, 15) is 0 Å². The summed E-state index contributed by atoms with van der Waals surface area (Å²) < 4.78 is 0. The van der Waals surface area contributed by atoms with Crippen LogP contribution in [0, 0.1) is 23.7 Å². The molecule has 2 saturated carbocycles. The maximum absolute atomic E-state index is 2.74. The van der Waals surface area contributed by atoms with Crippen molar-refractivity contribution in [3.8, 4) is 0 Å². The summed E-state index contributed by atoms with van der Waals surface area (Å²) in [5, 5.41) is 0. The summed E-state index contributed by atoms with van der Waals surface area (Å²) in [4.78, 5) is 2.74. The highest BCUT2D eigenvalue weighted by Gasteiger charge is 2.48. The topological polar surface area (TPSA) is 3.24 Å². The molecule has 5 rings (SSSR count). The SMILES string of the molecule is C1=C2CC3CC2CC1C3CN1CCSCC1. The molecule has 1 heterocycles. The molecule has 0 spiro atoms. The smallest absolute Gasteiger partial charge is 0.00728 e. The first kappa shape index (κ1) is 10.0. The van der Waals surface area contributed by atoms with Crippen LogP contribution in [0.1, 0.15) is 19.3 Å². The second-order valence-electron chi connectivity index (χ2n) is 6.11. The van der Waals surface area contributed by atoms with Gasteiger partial charge in [-0.25, -0.2) is 0 Å². The lowest BCUT2D eigenvalue weighted by atomic mass is 9.73. The molecule has 5 aliphatic rings. The number of rotatable bonds is 2. The van der Waals surface area contributed by atoms with Crippen molar-refractivity contribution in [2.45, 2.75) is 19.3 Å². The van der Waals surface area contributed by atoms with Gasteiger partial charge in [0, 0.05) is 31.1 Å². The number of thioether (sulfide) groups is 1. The first-order chi connectivity index (χ1) is 7.90. The van der Waals surface area contributed by atoms with E-state index in [1.54, 1.807) is 0 Å². The summed E-state index contributed by atoms with van der Waals surface area (Å²) in [6.45, 7) is 4.10. The van der Waals surface area contributed by atoms with Crippen molar-refractivity contribution in [2.24, 2.45) is 23.7 Å². The van der Waals surface area contributed by atoms with Gasteiger partial charge in [-0.1, -0.05) is 11.6 Å². The quantitative estimate of drug-likeness (QED) is 0.677. The maximum atomic E-state index is 2.74. The van der Waals surface area contributed by atoms with Gasteiger partial charge in [-0.2, -0.15) is 11.8 Å². The van der Waals surface area contributed by atoms with Crippen molar-refractivity contribution >= 4 is 11.8 Å². The van der Waals surface area contributed by atoms with Gasteiger partial charge in [0.25, 0.3) is 0 Å². The average Bonchev–Trinajstić information content (AvgIpc) is 2.78. The molecule has 4 bridgehead atoms. The largest absolute Gasteiger partial charge is 0.301 e. The Morgan fingerprint density at radius 3 is 2.88 bits per heavy atom. The zero-order valence-corrected chi connectivity index (χ0v) is 10.7. The maximum Gasteiger partial charge on any atom is 0.00728 e. The van der Waals surface area contributed by atoms with Gasteiger partial charge >= 0.3 is 0 Å². The molecular formula is C14H21NS. The average molecular weight is 235 g/mol. The molecule has 0 radical (unpaired) electrons. The summed E-state index contributed by atoms with van der Waals surface area (Å²) >= 11 is 2.13. The van der Waals surface area contributed by atoms with E-state index in [2.05, 4.69) is 22.7 Å². The predicted octanol–water partition coefficient (Wildman–Crippen LogP) is 2.64. The van der Waals surface area contributed by atoms with Crippen molar-refractivity contribution < 1.29 is 0 Å². The lowest BCUT2D eigenvalue weighted by molar-refractivity contribution is 0.133. The molecule has 2 heteroatoms. The number of hydrogen-bond donors (Lipinski definition) is 0. The highest BCUT2D eigenvalue weighted by molar-refractivity contribution is 7.99. The summed E-state index contributed by atoms with van der Waals surface area (Å²) in [6, 6.07) is 0. The van der Waals surface area contributed by atoms with E-state index in [0.29, 0.717) is 0 Å². The zero-order valence-electron chi connectivity index (χ0n) is 9.90. The minimum absolute atomic E-state index is 0.974. The summed E-state index contributed by atoms with van der Waals surface area (Å²) in [5.41, 5.74) is 1.85. The second-order valence-corrected chi connectivity index (χ2v) is 7.34. The fraction of sp³-hybridized carbons (Fsp3) is 0.857. The lowest BCUT2D eigenvalue weighted by Crippen LogP contribution is -2.41. The Morgan fingerprint density at radius 2 is 2.12 bits per heavy atom. The zero-order chi connectivity index (χ0) is 10.5. The van der Waals surface area contributed by atoms with E-state index in [1.807, 2.05) is 5.57 Å². The molecule has 0 amide bonds. The molecule has 0 aromatic heterocycles. The molecule has 1 aliphatic heterocycles. The van der Waals surface area contributed by atoms with E-state index in [-0.39, 0.29) is 0 Å². The molecule has 88 valence electrons. The van der Waals surface area contributed by atoms with Crippen molar-refractivity contribution in [3.05, 3.63) is 11.6 Å². The van der Waals surface area contributed by atoms with Crippen LogP contribution in [-0.4, -0.2) is 36.0 Å². The Hall–Kier alpha value is 0.0500. The summed E-state index contributed by atoms with van der Waals surface area (Å²) in [5.74, 6) is 6.83. The first-order valence-electron chi connectivity index (χ1n) is 6.91. The molecular weight excluding hydrogens is 214 g/mol. The Kier molecular flexibility index (Phi) is 2.36. The Balaban J connectivity index is 1.46. The van der Waals surface area contributed by atoms with Crippen molar-refractivity contribution in [3.63, 3.8) is 0 Å². The van der Waals surface area contributed by atoms with Crippen LogP contribution in [0.4, 0.5) is 0 Å². The molecule has 16 heavy (non-hydrogen) atoms. The first-order valence-corrected chi connectivity index (χ1v) is 8.06. The van der Waals surface area contributed by atoms with Crippen molar-refractivity contribution in [2.75, 3.05) is 31.1 Å². The van der Waals surface area contributed by atoms with Gasteiger partial charge in [0.15, 0.2) is 0 Å². The molecule has 0 aromatic rings. The fourth-order valence-corrected chi connectivity index (χ4v) is 5.51. The molecule has 0 aromatic carbocycles. The molecule has 4 atom stereocenters. The normalized spacial score (nSPS) is 46.4. The van der Waals surface area contributed by atoms with Gasteiger partial charge in [-0.05, 0) is 42.9 Å². The fourth-order valence-electron chi connectivity index (χ4n) is 4.53. The van der Waals surface area contributed by atoms with Crippen LogP contribution in [0.15, 0.2) is 11.6 Å². The van der Waals surface area contributed by atoms with Gasteiger partial charge in [0.1, 0.15) is 0 Å². The van der Waals surface area contributed by atoms with E-state index in [1.165, 1.54) is 50.4 Å². The minimum Gasteiger partial charge on any atom is -0.301 e. The monoisotopic (exact) mass is 235 g/mol. The van der Waals surface area contributed by atoms with Gasteiger partial charge in [0.05, 0.1) is 0 Å². The van der Waals surface area contributed by atoms with Gasteiger partial charge < -0.3 is 4.90 Å². The molecule has 0 N–H and O–H groups in total. The van der Waals surface area contributed by atoms with E-state index < -0.39 is 0 Å². The second kappa shape index (κ2) is 3.78. The van der Waals surface area contributed by atoms with Crippen molar-refractivity contribution in [1.82, 2.24) is 4.90 Å². The third-order valence-corrected chi connectivity index (χ3v) is 6.27. The molecule has 3 fully saturated rings. The van der Waals surface area contributed by atoms with Gasteiger partial charge in [-0.15, -0.1) is 0 Å². The lowest BCUT2D eigenvalue weighted by Gasteiger charge is -2.38. The van der Waals surface area contributed by atoms with E-state index in [0.717, 1.165) is 23.7 Å². The van der Waals surface area contributed by atoms with E-state index >= 15 is 0 Å². The van der Waals surface area contributed by atoms with Crippen LogP contribution in [0.5, 0.6) is 0 Å². The Labute approximate surface area is 103 Å². The molecule has 1 nitrogen and oxygen atoms in total.